The number of nitrogens with zero attached hydrogens (tertiary/aromatic N) is 2. The van der Waals surface area contributed by atoms with Crippen molar-refractivity contribution < 1.29 is 24.4 Å². The Balaban J connectivity index is 3.24. The third-order valence-electron chi connectivity index (χ3n) is 2.92. The molecule has 0 bridgehead atoms. The summed E-state index contributed by atoms with van der Waals surface area (Å²) in [5.74, 6) is -2.23. The summed E-state index contributed by atoms with van der Waals surface area (Å²) in [5.41, 5.74) is -0.871. The van der Waals surface area contributed by atoms with Gasteiger partial charge in [-0.05, 0) is 25.3 Å². The maximum Gasteiger partial charge on any atom is 0.345 e. The molecule has 1 rings (SSSR count). The summed E-state index contributed by atoms with van der Waals surface area (Å²) in [6.07, 6.45) is 1.44. The lowest BCUT2D eigenvalue weighted by molar-refractivity contribution is -0.384. The van der Waals surface area contributed by atoms with Crippen molar-refractivity contribution in [3.63, 3.8) is 0 Å². The van der Waals surface area contributed by atoms with Gasteiger partial charge in [0.05, 0.1) is 11.5 Å². The molecule has 0 aliphatic rings. The molecule has 0 saturated carbocycles. The van der Waals surface area contributed by atoms with Crippen molar-refractivity contribution in [1.29, 1.82) is 0 Å². The number of esters is 1. The zero-order valence-electron chi connectivity index (χ0n) is 13.1. The predicted octanol–water partition coefficient (Wildman–Crippen LogP) is 2.08. The molecule has 0 aromatic carbocycles. The summed E-state index contributed by atoms with van der Waals surface area (Å²) in [7, 11) is 0. The number of carboxylic acid groups (broad SMARTS) is 1. The first kappa shape index (κ1) is 18.3. The summed E-state index contributed by atoms with van der Waals surface area (Å²) in [5, 5.41) is 23.1. The molecule has 0 radical (unpaired) electrons. The third-order valence-corrected chi connectivity index (χ3v) is 2.92. The van der Waals surface area contributed by atoms with E-state index in [1.807, 2.05) is 13.8 Å². The number of pyridine rings is 1. The van der Waals surface area contributed by atoms with Gasteiger partial charge >= 0.3 is 17.6 Å². The Morgan fingerprint density at radius 2 is 2.13 bits per heavy atom. The number of aliphatic carboxylic acids is 1. The van der Waals surface area contributed by atoms with Crippen LogP contribution in [0.2, 0.25) is 0 Å². The lowest BCUT2D eigenvalue weighted by Gasteiger charge is -2.17. The molecule has 1 aromatic heterocycles. The molecule has 0 unspecified atom stereocenters. The first-order chi connectivity index (χ1) is 10.8. The first-order valence-corrected chi connectivity index (χ1v) is 7.07. The van der Waals surface area contributed by atoms with E-state index in [-0.39, 0.29) is 30.3 Å². The monoisotopic (exact) mass is 325 g/mol. The van der Waals surface area contributed by atoms with E-state index in [1.54, 1.807) is 6.92 Å². The average Bonchev–Trinajstić information content (AvgIpc) is 2.45. The molecule has 0 amide bonds. The summed E-state index contributed by atoms with van der Waals surface area (Å²) >= 11 is 0. The van der Waals surface area contributed by atoms with Crippen LogP contribution in [0.1, 0.15) is 37.6 Å². The van der Waals surface area contributed by atoms with Crippen LogP contribution in [0.25, 0.3) is 0 Å². The number of aromatic nitrogens is 1. The minimum absolute atomic E-state index is 0.0518. The van der Waals surface area contributed by atoms with Crippen LogP contribution >= 0.6 is 0 Å². The van der Waals surface area contributed by atoms with Gasteiger partial charge in [0.2, 0.25) is 5.82 Å². The molecule has 0 aliphatic carbocycles. The molecule has 1 heterocycles. The van der Waals surface area contributed by atoms with E-state index in [0.29, 0.717) is 0 Å². The maximum atomic E-state index is 11.8. The molecule has 0 saturated heterocycles. The van der Waals surface area contributed by atoms with Crippen LogP contribution in [0.5, 0.6) is 0 Å². The fourth-order valence-electron chi connectivity index (χ4n) is 1.98. The number of anilines is 1. The van der Waals surface area contributed by atoms with Crippen molar-refractivity contribution in [2.75, 3.05) is 11.9 Å². The van der Waals surface area contributed by atoms with Gasteiger partial charge < -0.3 is 15.2 Å². The zero-order chi connectivity index (χ0) is 17.6. The number of hydrogen-bond acceptors (Lipinski definition) is 7. The van der Waals surface area contributed by atoms with Crippen molar-refractivity contribution in [3.8, 4) is 0 Å². The smallest absolute Gasteiger partial charge is 0.345 e. The lowest BCUT2D eigenvalue weighted by Crippen LogP contribution is -2.31. The third kappa shape index (κ3) is 4.90. The number of nitro groups is 1. The normalized spacial score (nSPS) is 11.8. The van der Waals surface area contributed by atoms with Gasteiger partial charge in [0, 0.05) is 6.20 Å². The van der Waals surface area contributed by atoms with E-state index in [2.05, 4.69) is 10.3 Å². The SMILES string of the molecule is CCOC(=O)c1ccnc(N[C@H](CC(C)C)C(=O)O)c1[N+](=O)[O-]. The number of carboxylic acids is 1. The van der Waals surface area contributed by atoms with E-state index in [4.69, 9.17) is 4.74 Å². The van der Waals surface area contributed by atoms with E-state index < -0.39 is 28.6 Å². The van der Waals surface area contributed by atoms with Crippen LogP contribution < -0.4 is 5.32 Å². The predicted molar refractivity (Wildman–Crippen MR) is 81.3 cm³/mol. The minimum Gasteiger partial charge on any atom is -0.480 e. The number of rotatable bonds is 8. The fraction of sp³-hybridized carbons (Fsp3) is 0.500. The number of nitrogens with one attached hydrogen (secondary N) is 1. The highest BCUT2D eigenvalue weighted by Crippen LogP contribution is 2.28. The van der Waals surface area contributed by atoms with E-state index in [0.717, 1.165) is 0 Å². The maximum absolute atomic E-state index is 11.8. The molecule has 0 aliphatic heterocycles. The number of carbonyl (C=O) groups is 2. The van der Waals surface area contributed by atoms with Gasteiger partial charge in [-0.15, -0.1) is 0 Å². The van der Waals surface area contributed by atoms with Gasteiger partial charge in [0.25, 0.3) is 0 Å². The van der Waals surface area contributed by atoms with Gasteiger partial charge in [0.15, 0.2) is 0 Å². The van der Waals surface area contributed by atoms with E-state index in [1.165, 1.54) is 12.3 Å². The van der Waals surface area contributed by atoms with Crippen LogP contribution in [0.3, 0.4) is 0 Å². The second kappa shape index (κ2) is 8.06. The number of ether oxygens (including phenoxy) is 1. The van der Waals surface area contributed by atoms with Crippen LogP contribution in [0.15, 0.2) is 12.3 Å². The van der Waals surface area contributed by atoms with Crippen molar-refractivity contribution in [2.45, 2.75) is 33.2 Å². The molecule has 0 fully saturated rings. The Bertz CT molecular complexity index is 602. The highest BCUT2D eigenvalue weighted by Gasteiger charge is 2.29. The molecule has 2 N–H and O–H groups in total. The van der Waals surface area contributed by atoms with Crippen LogP contribution in [0, 0.1) is 16.0 Å². The Morgan fingerprint density at radius 3 is 2.61 bits per heavy atom. The Labute approximate surface area is 132 Å². The summed E-state index contributed by atoms with van der Waals surface area (Å²) in [4.78, 5) is 37.4. The van der Waals surface area contributed by atoms with E-state index >= 15 is 0 Å². The van der Waals surface area contributed by atoms with E-state index in [9.17, 15) is 24.8 Å². The zero-order valence-corrected chi connectivity index (χ0v) is 13.1. The highest BCUT2D eigenvalue weighted by atomic mass is 16.6. The molecule has 23 heavy (non-hydrogen) atoms. The second-order valence-corrected chi connectivity index (χ2v) is 5.20. The van der Waals surface area contributed by atoms with Crippen LogP contribution in [0.4, 0.5) is 11.5 Å². The van der Waals surface area contributed by atoms with Gasteiger partial charge in [0.1, 0.15) is 11.6 Å². The Morgan fingerprint density at radius 1 is 1.48 bits per heavy atom. The summed E-state index contributed by atoms with van der Waals surface area (Å²) in [6, 6.07) is 0.109. The topological polar surface area (TPSA) is 132 Å². The van der Waals surface area contributed by atoms with Gasteiger partial charge in [-0.2, -0.15) is 0 Å². The molecular formula is C14H19N3O6. The molecule has 1 aromatic rings. The Hall–Kier alpha value is -2.71. The molecule has 0 spiro atoms. The summed E-state index contributed by atoms with van der Waals surface area (Å²) in [6.45, 7) is 5.29. The van der Waals surface area contributed by atoms with Gasteiger partial charge in [-0.1, -0.05) is 13.8 Å². The quantitative estimate of drug-likeness (QED) is 0.422. The standard InChI is InChI=1S/C14H19N3O6/c1-4-23-14(20)9-5-6-15-12(11(9)17(21)22)16-10(13(18)19)7-8(2)3/h5-6,8,10H,4,7H2,1-3H3,(H,15,16)(H,18,19)/t10-/m1/s1. The summed E-state index contributed by atoms with van der Waals surface area (Å²) < 4.78 is 4.78. The second-order valence-electron chi connectivity index (χ2n) is 5.20. The number of carbonyl (C=O) groups excluding carboxylic acids is 1. The minimum atomic E-state index is -1.16. The lowest BCUT2D eigenvalue weighted by atomic mass is 10.0. The molecular weight excluding hydrogens is 306 g/mol. The highest BCUT2D eigenvalue weighted by molar-refractivity contribution is 5.96. The van der Waals surface area contributed by atoms with Crippen molar-refractivity contribution in [1.82, 2.24) is 4.98 Å². The van der Waals surface area contributed by atoms with Crippen LogP contribution in [-0.4, -0.2) is 39.6 Å². The van der Waals surface area contributed by atoms with Gasteiger partial charge in [-0.3, -0.25) is 10.1 Å². The molecule has 1 atom stereocenters. The van der Waals surface area contributed by atoms with Crippen LogP contribution in [-0.2, 0) is 9.53 Å². The number of hydrogen-bond donors (Lipinski definition) is 2. The molecule has 126 valence electrons. The fourth-order valence-corrected chi connectivity index (χ4v) is 1.98. The largest absolute Gasteiger partial charge is 0.480 e. The first-order valence-electron chi connectivity index (χ1n) is 7.07. The molecule has 9 nitrogen and oxygen atoms in total. The van der Waals surface area contributed by atoms with Gasteiger partial charge in [-0.25, -0.2) is 14.6 Å². The van der Waals surface area contributed by atoms with Crippen molar-refractivity contribution >= 4 is 23.4 Å². The van der Waals surface area contributed by atoms with Crippen molar-refractivity contribution in [2.24, 2.45) is 5.92 Å². The van der Waals surface area contributed by atoms with Crippen molar-refractivity contribution in [3.05, 3.63) is 27.9 Å². The Kier molecular flexibility index (Phi) is 6.43. The molecule has 9 heteroatoms. The average molecular weight is 325 g/mol.